The van der Waals surface area contributed by atoms with Gasteiger partial charge in [-0.25, -0.2) is 8.42 Å². The number of benzene rings is 1. The van der Waals surface area contributed by atoms with Crippen LogP contribution in [0, 0.1) is 0 Å². The van der Waals surface area contributed by atoms with E-state index in [1.54, 1.807) is 13.1 Å². The molecule has 1 heterocycles. The van der Waals surface area contributed by atoms with Gasteiger partial charge in [0.25, 0.3) is 9.05 Å². The molecule has 0 spiro atoms. The van der Waals surface area contributed by atoms with Gasteiger partial charge in [0.1, 0.15) is 0 Å². The van der Waals surface area contributed by atoms with Crippen molar-refractivity contribution >= 4 is 42.2 Å². The van der Waals surface area contributed by atoms with Crippen LogP contribution < -0.4 is 0 Å². The first-order chi connectivity index (χ1) is 6.89. The topological polar surface area (TPSA) is 52.0 Å². The molecule has 1 aromatic heterocycles. The second-order valence-corrected chi connectivity index (χ2v) is 5.96. The number of rotatable bonds is 1. The predicted octanol–water partition coefficient (Wildman–Crippen LogP) is 2.15. The Kier molecular flexibility index (Phi) is 2.41. The SMILES string of the molecule is Cn1nc(Cl)c2ccc(S(=O)(=O)Cl)cc21. The minimum Gasteiger partial charge on any atom is -0.266 e. The summed E-state index contributed by atoms with van der Waals surface area (Å²) in [7, 11) is 3.19. The Hall–Kier alpha value is -0.780. The lowest BCUT2D eigenvalue weighted by Gasteiger charge is -1.97. The Balaban J connectivity index is 2.82. The van der Waals surface area contributed by atoms with Crippen LogP contribution in [0.15, 0.2) is 23.1 Å². The molecule has 0 radical (unpaired) electrons. The molecule has 15 heavy (non-hydrogen) atoms. The van der Waals surface area contributed by atoms with E-state index in [0.29, 0.717) is 16.1 Å². The smallest absolute Gasteiger partial charge is 0.261 e. The number of aryl methyl sites for hydroxylation is 1. The monoisotopic (exact) mass is 264 g/mol. The third-order valence-electron chi connectivity index (χ3n) is 2.06. The third kappa shape index (κ3) is 1.82. The van der Waals surface area contributed by atoms with Gasteiger partial charge in [-0.05, 0) is 18.2 Å². The van der Waals surface area contributed by atoms with Crippen LogP contribution in [0.3, 0.4) is 0 Å². The number of aromatic nitrogens is 2. The fraction of sp³-hybridized carbons (Fsp3) is 0.125. The molecule has 0 atom stereocenters. The lowest BCUT2D eigenvalue weighted by atomic mass is 10.2. The summed E-state index contributed by atoms with van der Waals surface area (Å²) in [4.78, 5) is 0.0383. The van der Waals surface area contributed by atoms with Gasteiger partial charge in [-0.15, -0.1) is 0 Å². The second kappa shape index (κ2) is 3.37. The standard InChI is InChI=1S/C8H6Cl2N2O2S/c1-12-7-4-5(15(10,13)14)2-3-6(7)8(9)11-12/h2-4H,1H3. The van der Waals surface area contributed by atoms with Gasteiger partial charge in [0, 0.05) is 23.1 Å². The van der Waals surface area contributed by atoms with Crippen LogP contribution in [-0.2, 0) is 16.1 Å². The Morgan fingerprint density at radius 1 is 1.40 bits per heavy atom. The first kappa shape index (κ1) is 10.7. The lowest BCUT2D eigenvalue weighted by molar-refractivity contribution is 0.609. The highest BCUT2D eigenvalue weighted by Gasteiger charge is 2.13. The molecule has 4 nitrogen and oxygen atoms in total. The van der Waals surface area contributed by atoms with Crippen LogP contribution in [-0.4, -0.2) is 18.2 Å². The highest BCUT2D eigenvalue weighted by molar-refractivity contribution is 8.13. The van der Waals surface area contributed by atoms with Crippen molar-refractivity contribution in [2.45, 2.75) is 4.90 Å². The van der Waals surface area contributed by atoms with Crippen LogP contribution in [0.25, 0.3) is 10.9 Å². The molecule has 0 aliphatic rings. The van der Waals surface area contributed by atoms with Gasteiger partial charge in [-0.3, -0.25) is 4.68 Å². The largest absolute Gasteiger partial charge is 0.266 e. The molecule has 2 aromatic rings. The van der Waals surface area contributed by atoms with Crippen LogP contribution in [0.1, 0.15) is 0 Å². The molecule has 0 saturated carbocycles. The first-order valence-electron chi connectivity index (χ1n) is 3.96. The number of hydrogen-bond acceptors (Lipinski definition) is 3. The minimum atomic E-state index is -3.71. The van der Waals surface area contributed by atoms with E-state index in [1.807, 2.05) is 0 Å². The summed E-state index contributed by atoms with van der Waals surface area (Å²) >= 11 is 5.83. The summed E-state index contributed by atoms with van der Waals surface area (Å²) in [6, 6.07) is 4.43. The van der Waals surface area contributed by atoms with Gasteiger partial charge in [-0.1, -0.05) is 11.6 Å². The van der Waals surface area contributed by atoms with Crippen molar-refractivity contribution in [3.8, 4) is 0 Å². The van der Waals surface area contributed by atoms with E-state index in [9.17, 15) is 8.42 Å². The van der Waals surface area contributed by atoms with E-state index >= 15 is 0 Å². The van der Waals surface area contributed by atoms with E-state index in [0.717, 1.165) is 0 Å². The fourth-order valence-corrected chi connectivity index (χ4v) is 2.39. The highest BCUT2D eigenvalue weighted by Crippen LogP contribution is 2.26. The van der Waals surface area contributed by atoms with Gasteiger partial charge >= 0.3 is 0 Å². The molecule has 0 fully saturated rings. The van der Waals surface area contributed by atoms with Crippen LogP contribution in [0.4, 0.5) is 0 Å². The van der Waals surface area contributed by atoms with Crippen LogP contribution >= 0.6 is 22.3 Å². The Bertz CT molecular complexity index is 633. The van der Waals surface area contributed by atoms with E-state index in [1.165, 1.54) is 16.8 Å². The molecular weight excluding hydrogens is 259 g/mol. The van der Waals surface area contributed by atoms with Crippen molar-refractivity contribution in [1.29, 1.82) is 0 Å². The van der Waals surface area contributed by atoms with Crippen molar-refractivity contribution in [3.63, 3.8) is 0 Å². The number of halogens is 2. The maximum absolute atomic E-state index is 11.1. The maximum Gasteiger partial charge on any atom is 0.261 e. The predicted molar refractivity (Wildman–Crippen MR) is 58.8 cm³/mol. The summed E-state index contributed by atoms with van der Waals surface area (Å²) in [5.41, 5.74) is 0.627. The van der Waals surface area contributed by atoms with Crippen LogP contribution in [0.2, 0.25) is 5.15 Å². The maximum atomic E-state index is 11.1. The average Bonchev–Trinajstić information content (AvgIpc) is 2.41. The fourth-order valence-electron chi connectivity index (χ4n) is 1.34. The molecule has 0 aliphatic carbocycles. The molecule has 0 aliphatic heterocycles. The van der Waals surface area contributed by atoms with Crippen molar-refractivity contribution in [2.24, 2.45) is 7.05 Å². The minimum absolute atomic E-state index is 0.0383. The van der Waals surface area contributed by atoms with Gasteiger partial charge < -0.3 is 0 Å². The quantitative estimate of drug-likeness (QED) is 0.742. The molecule has 0 bridgehead atoms. The molecule has 0 amide bonds. The van der Waals surface area contributed by atoms with Crippen LogP contribution in [0.5, 0.6) is 0 Å². The Morgan fingerprint density at radius 3 is 2.67 bits per heavy atom. The molecule has 0 N–H and O–H groups in total. The molecule has 7 heteroatoms. The number of fused-ring (bicyclic) bond motifs is 1. The van der Waals surface area contributed by atoms with Crippen molar-refractivity contribution in [3.05, 3.63) is 23.4 Å². The summed E-state index contributed by atoms with van der Waals surface area (Å²) in [5.74, 6) is 0. The molecule has 1 aromatic carbocycles. The molecule has 2 rings (SSSR count). The van der Waals surface area contributed by atoms with Crippen molar-refractivity contribution in [1.82, 2.24) is 9.78 Å². The summed E-state index contributed by atoms with van der Waals surface area (Å²) in [5, 5.41) is 4.99. The normalized spacial score (nSPS) is 12.2. The number of hydrogen-bond donors (Lipinski definition) is 0. The molecule has 80 valence electrons. The molecule has 0 unspecified atom stereocenters. The summed E-state index contributed by atoms with van der Waals surface area (Å²) in [6.07, 6.45) is 0. The zero-order chi connectivity index (χ0) is 11.2. The van der Waals surface area contributed by atoms with Crippen molar-refractivity contribution in [2.75, 3.05) is 0 Å². The summed E-state index contributed by atoms with van der Waals surface area (Å²) in [6.45, 7) is 0. The molecular formula is C8H6Cl2N2O2S. The third-order valence-corrected chi connectivity index (χ3v) is 3.69. The Labute approximate surface area is 95.8 Å². The van der Waals surface area contributed by atoms with Gasteiger partial charge in [-0.2, -0.15) is 5.10 Å². The van der Waals surface area contributed by atoms with Gasteiger partial charge in [0.15, 0.2) is 5.15 Å². The highest BCUT2D eigenvalue weighted by atomic mass is 35.7. The average molecular weight is 265 g/mol. The number of nitrogens with zero attached hydrogens (tertiary/aromatic N) is 2. The van der Waals surface area contributed by atoms with E-state index in [2.05, 4.69) is 5.10 Å². The second-order valence-electron chi connectivity index (χ2n) is 3.03. The Morgan fingerprint density at radius 2 is 2.07 bits per heavy atom. The lowest BCUT2D eigenvalue weighted by Crippen LogP contribution is -1.93. The molecule has 0 saturated heterocycles. The van der Waals surface area contributed by atoms with Gasteiger partial charge in [0.2, 0.25) is 0 Å². The van der Waals surface area contributed by atoms with Crippen molar-refractivity contribution < 1.29 is 8.42 Å². The van der Waals surface area contributed by atoms with E-state index in [4.69, 9.17) is 22.3 Å². The first-order valence-corrected chi connectivity index (χ1v) is 6.65. The van der Waals surface area contributed by atoms with Gasteiger partial charge in [0.05, 0.1) is 10.4 Å². The zero-order valence-corrected chi connectivity index (χ0v) is 9.94. The zero-order valence-electron chi connectivity index (χ0n) is 7.61. The van der Waals surface area contributed by atoms with E-state index < -0.39 is 9.05 Å². The van der Waals surface area contributed by atoms with E-state index in [-0.39, 0.29) is 4.90 Å². The summed E-state index contributed by atoms with van der Waals surface area (Å²) < 4.78 is 23.7.